The standard InChI is InChI=1S/C27H30N2O2Se/c1-17-14-21-22(27(4,5)13-12-26(21,2)3)15-23(17)32-24-11-6-18(16-28-24)25(31)29-19-7-9-20(30)10-8-19/h6-11,14-16,30H,12-13H2,1-5H3,(H,29,31). The molecule has 0 saturated heterocycles. The van der Waals surface area contributed by atoms with Gasteiger partial charge >= 0.3 is 197 Å². The second-order valence-electron chi connectivity index (χ2n) is 9.92. The first-order valence-corrected chi connectivity index (χ1v) is 12.7. The van der Waals surface area contributed by atoms with E-state index in [1.54, 1.807) is 30.5 Å². The second kappa shape index (κ2) is 8.38. The van der Waals surface area contributed by atoms with Crippen molar-refractivity contribution in [1.82, 2.24) is 4.98 Å². The number of rotatable bonds is 4. The molecule has 4 rings (SSSR count). The summed E-state index contributed by atoms with van der Waals surface area (Å²) in [6, 6.07) is 15.0. The Morgan fingerprint density at radius 3 is 2.19 bits per heavy atom. The number of amides is 1. The van der Waals surface area contributed by atoms with Crippen LogP contribution in [-0.2, 0) is 10.8 Å². The van der Waals surface area contributed by atoms with E-state index in [9.17, 15) is 9.90 Å². The van der Waals surface area contributed by atoms with Gasteiger partial charge in [-0.05, 0) is 0 Å². The second-order valence-corrected chi connectivity index (χ2v) is 12.1. The summed E-state index contributed by atoms with van der Waals surface area (Å²) in [5.74, 6) is -0.0446. The number of aryl methyl sites for hydroxylation is 1. The molecule has 0 fully saturated rings. The molecule has 1 heterocycles. The average Bonchev–Trinajstić information content (AvgIpc) is 2.75. The van der Waals surface area contributed by atoms with Gasteiger partial charge in [-0.25, -0.2) is 0 Å². The van der Waals surface area contributed by atoms with E-state index >= 15 is 0 Å². The van der Waals surface area contributed by atoms with Gasteiger partial charge in [0.15, 0.2) is 0 Å². The predicted molar refractivity (Wildman–Crippen MR) is 132 cm³/mol. The number of benzene rings is 2. The summed E-state index contributed by atoms with van der Waals surface area (Å²) in [6.07, 6.45) is 4.06. The van der Waals surface area contributed by atoms with Crippen LogP contribution in [0.3, 0.4) is 0 Å². The van der Waals surface area contributed by atoms with E-state index in [2.05, 4.69) is 57.1 Å². The van der Waals surface area contributed by atoms with Gasteiger partial charge in [-0.15, -0.1) is 0 Å². The Balaban J connectivity index is 1.54. The minimum atomic E-state index is -0.212. The molecule has 4 nitrogen and oxygen atoms in total. The van der Waals surface area contributed by atoms with Crippen molar-refractivity contribution in [2.24, 2.45) is 0 Å². The molecule has 166 valence electrons. The summed E-state index contributed by atoms with van der Waals surface area (Å²) < 4.78 is 2.37. The van der Waals surface area contributed by atoms with Crippen molar-refractivity contribution < 1.29 is 9.90 Å². The molecule has 0 atom stereocenters. The van der Waals surface area contributed by atoms with Gasteiger partial charge in [0.2, 0.25) is 0 Å². The van der Waals surface area contributed by atoms with Gasteiger partial charge in [-0.2, -0.15) is 0 Å². The van der Waals surface area contributed by atoms with Crippen LogP contribution in [0.5, 0.6) is 5.75 Å². The van der Waals surface area contributed by atoms with E-state index in [0.717, 1.165) is 4.59 Å². The molecule has 0 bridgehead atoms. The molecule has 32 heavy (non-hydrogen) atoms. The van der Waals surface area contributed by atoms with Crippen molar-refractivity contribution in [1.29, 1.82) is 0 Å². The Morgan fingerprint density at radius 1 is 0.969 bits per heavy atom. The fraction of sp³-hybridized carbons (Fsp3) is 0.333. The van der Waals surface area contributed by atoms with Gasteiger partial charge in [-0.1, -0.05) is 0 Å². The molecule has 0 aliphatic heterocycles. The fourth-order valence-corrected chi connectivity index (χ4v) is 6.06. The van der Waals surface area contributed by atoms with E-state index in [-0.39, 0.29) is 37.4 Å². The third-order valence-electron chi connectivity index (χ3n) is 6.49. The molecule has 0 unspecified atom stereocenters. The molecule has 5 heteroatoms. The molecule has 0 spiro atoms. The molecule has 0 radical (unpaired) electrons. The molecule has 1 aliphatic carbocycles. The predicted octanol–water partition coefficient (Wildman–Crippen LogP) is 4.35. The normalized spacial score (nSPS) is 16.3. The number of hydrogen-bond donors (Lipinski definition) is 2. The molecular weight excluding hydrogens is 463 g/mol. The van der Waals surface area contributed by atoms with Crippen LogP contribution in [0.15, 0.2) is 54.7 Å². The third kappa shape index (κ3) is 4.60. The number of nitrogens with one attached hydrogen (secondary N) is 1. The zero-order chi connectivity index (χ0) is 23.1. The van der Waals surface area contributed by atoms with Crippen molar-refractivity contribution in [3.05, 3.63) is 77.0 Å². The van der Waals surface area contributed by atoms with E-state index in [1.807, 2.05) is 12.1 Å². The Labute approximate surface area is 196 Å². The number of phenolic OH excluding ortho intramolecular Hbond substituents is 1. The number of carbonyl (C=O) groups excluding carboxylic acids is 1. The maximum absolute atomic E-state index is 12.5. The molecule has 1 amide bonds. The van der Waals surface area contributed by atoms with Crippen LogP contribution >= 0.6 is 0 Å². The topological polar surface area (TPSA) is 62.2 Å². The third-order valence-corrected chi connectivity index (χ3v) is 8.82. The van der Waals surface area contributed by atoms with Crippen LogP contribution in [0.1, 0.15) is 67.6 Å². The molecule has 2 aromatic carbocycles. The summed E-state index contributed by atoms with van der Waals surface area (Å²) in [7, 11) is 0. The summed E-state index contributed by atoms with van der Waals surface area (Å²) in [5, 5.41) is 12.2. The van der Waals surface area contributed by atoms with Gasteiger partial charge in [0.1, 0.15) is 0 Å². The van der Waals surface area contributed by atoms with Crippen molar-refractivity contribution in [2.75, 3.05) is 5.32 Å². The van der Waals surface area contributed by atoms with Crippen LogP contribution in [0.25, 0.3) is 0 Å². The average molecular weight is 494 g/mol. The van der Waals surface area contributed by atoms with E-state index in [4.69, 9.17) is 0 Å². The van der Waals surface area contributed by atoms with Gasteiger partial charge < -0.3 is 0 Å². The van der Waals surface area contributed by atoms with Crippen LogP contribution < -0.4 is 14.4 Å². The Hall–Kier alpha value is -2.62. The van der Waals surface area contributed by atoms with Crippen LogP contribution in [0.2, 0.25) is 0 Å². The molecule has 0 saturated carbocycles. The Bertz CT molecular complexity index is 1150. The first-order valence-electron chi connectivity index (χ1n) is 11.0. The number of hydrogen-bond acceptors (Lipinski definition) is 3. The molecule has 2 N–H and O–H groups in total. The fourth-order valence-electron chi connectivity index (χ4n) is 4.25. The SMILES string of the molecule is Cc1cc2c(cc1[Se]c1ccc(C(=O)Nc3ccc(O)cc3)cn1)C(C)(C)CCC2(C)C. The van der Waals surface area contributed by atoms with Crippen LogP contribution in [0.4, 0.5) is 5.69 Å². The van der Waals surface area contributed by atoms with E-state index in [0.29, 0.717) is 11.3 Å². The van der Waals surface area contributed by atoms with Crippen molar-refractivity contribution in [3.63, 3.8) is 0 Å². The van der Waals surface area contributed by atoms with Crippen LogP contribution in [0, 0.1) is 6.92 Å². The summed E-state index contributed by atoms with van der Waals surface area (Å²) in [4.78, 5) is 17.1. The number of fused-ring (bicyclic) bond motifs is 1. The number of carbonyl (C=O) groups is 1. The number of anilines is 1. The Morgan fingerprint density at radius 2 is 1.59 bits per heavy atom. The van der Waals surface area contributed by atoms with Crippen molar-refractivity contribution >= 4 is 35.6 Å². The van der Waals surface area contributed by atoms with Crippen molar-refractivity contribution in [3.8, 4) is 5.75 Å². The van der Waals surface area contributed by atoms with Gasteiger partial charge in [0, 0.05) is 0 Å². The number of aromatic hydroxyl groups is 1. The molecule has 1 aromatic heterocycles. The van der Waals surface area contributed by atoms with Gasteiger partial charge in [-0.3, -0.25) is 0 Å². The number of aromatic nitrogens is 1. The van der Waals surface area contributed by atoms with Crippen molar-refractivity contribution in [2.45, 2.75) is 58.3 Å². The zero-order valence-electron chi connectivity index (χ0n) is 19.3. The minimum absolute atomic E-state index is 0.0722. The Kier molecular flexibility index (Phi) is 5.91. The summed E-state index contributed by atoms with van der Waals surface area (Å²) >= 11 is 0.0722. The first kappa shape index (κ1) is 22.6. The maximum atomic E-state index is 12.5. The summed E-state index contributed by atoms with van der Waals surface area (Å²) in [6.45, 7) is 11.6. The molecule has 3 aromatic rings. The molecular formula is C27H30N2O2Se. The zero-order valence-corrected chi connectivity index (χ0v) is 21.0. The first-order chi connectivity index (χ1) is 15.0. The van der Waals surface area contributed by atoms with Gasteiger partial charge in [0.05, 0.1) is 0 Å². The number of pyridine rings is 1. The summed E-state index contributed by atoms with van der Waals surface area (Å²) in [5.41, 5.74) is 5.84. The number of phenols is 1. The van der Waals surface area contributed by atoms with E-state index < -0.39 is 0 Å². The quantitative estimate of drug-likeness (QED) is 0.420. The number of nitrogens with zero attached hydrogens (tertiary/aromatic N) is 1. The monoisotopic (exact) mass is 494 g/mol. The van der Waals surface area contributed by atoms with E-state index in [1.165, 1.54) is 34.0 Å². The van der Waals surface area contributed by atoms with Crippen LogP contribution in [-0.4, -0.2) is 31.0 Å². The molecule has 1 aliphatic rings. The van der Waals surface area contributed by atoms with Gasteiger partial charge in [0.25, 0.3) is 0 Å².